The first-order valence-corrected chi connectivity index (χ1v) is 21.2. The summed E-state index contributed by atoms with van der Waals surface area (Å²) in [7, 11) is 0.661. The maximum Gasteiger partial charge on any atom is 0.530 e. The van der Waals surface area contributed by atoms with E-state index < -0.39 is 28.8 Å². The minimum atomic E-state index is -2.70. The quantitative estimate of drug-likeness (QED) is 0.0401. The minimum absolute atomic E-state index is 0.00398. The molecule has 6 rings (SSSR count). The van der Waals surface area contributed by atoms with Gasteiger partial charge < -0.3 is 46.1 Å². The largest absolute Gasteiger partial charge is 0.530 e. The molecular formula is C46H42O15P2. The van der Waals surface area contributed by atoms with Gasteiger partial charge >= 0.3 is 17.2 Å². The van der Waals surface area contributed by atoms with Gasteiger partial charge in [0.05, 0.1) is 55.8 Å². The van der Waals surface area contributed by atoms with Gasteiger partial charge in [0.25, 0.3) is 0 Å². The summed E-state index contributed by atoms with van der Waals surface area (Å²) in [5.74, 6) is -0.897. The van der Waals surface area contributed by atoms with Gasteiger partial charge in [0.15, 0.2) is 23.1 Å². The van der Waals surface area contributed by atoms with Gasteiger partial charge in [-0.3, -0.25) is 24.0 Å². The maximum atomic E-state index is 14.9. The smallest absolute Gasteiger partial charge is 0.497 e. The third-order valence-electron chi connectivity index (χ3n) is 9.32. The van der Waals surface area contributed by atoms with Crippen molar-refractivity contribution in [1.82, 2.24) is 0 Å². The molecule has 0 radical (unpaired) electrons. The Morgan fingerprint density at radius 1 is 0.492 bits per heavy atom. The van der Waals surface area contributed by atoms with Gasteiger partial charge in [0.2, 0.25) is 5.78 Å². The summed E-state index contributed by atoms with van der Waals surface area (Å²) in [6, 6.07) is 22.7. The van der Waals surface area contributed by atoms with Crippen LogP contribution in [0.25, 0.3) is 0 Å². The van der Waals surface area contributed by atoms with Crippen molar-refractivity contribution in [2.24, 2.45) is 0 Å². The first-order valence-electron chi connectivity index (χ1n) is 19.0. The van der Waals surface area contributed by atoms with Gasteiger partial charge in [0, 0.05) is 36.4 Å². The van der Waals surface area contributed by atoms with Crippen LogP contribution >= 0.6 is 17.2 Å². The molecule has 5 aromatic carbocycles. The van der Waals surface area contributed by atoms with Crippen LogP contribution in [0.3, 0.4) is 0 Å². The van der Waals surface area contributed by atoms with E-state index in [1.54, 1.807) is 37.3 Å². The predicted octanol–water partition coefficient (Wildman–Crippen LogP) is 10.1. The fraction of sp³-hybridized carbons (Fsp3) is 0.196. The van der Waals surface area contributed by atoms with Crippen LogP contribution in [0.15, 0.2) is 103 Å². The highest BCUT2D eigenvalue weighted by Crippen LogP contribution is 2.50. The van der Waals surface area contributed by atoms with Crippen molar-refractivity contribution in [3.8, 4) is 46.0 Å². The third-order valence-corrected chi connectivity index (χ3v) is 11.5. The molecule has 0 spiro atoms. The molecule has 1 aliphatic rings. The Balaban J connectivity index is 1.44. The normalized spacial score (nSPS) is 12.4. The molecule has 17 heteroatoms. The summed E-state index contributed by atoms with van der Waals surface area (Å²) in [6.07, 6.45) is 1.63. The molecule has 1 aliphatic carbocycles. The van der Waals surface area contributed by atoms with Gasteiger partial charge in [-0.2, -0.15) is 0 Å². The van der Waals surface area contributed by atoms with Gasteiger partial charge in [-0.05, 0) is 82.3 Å². The second kappa shape index (κ2) is 20.4. The second-order valence-electron chi connectivity index (χ2n) is 13.5. The molecule has 326 valence electrons. The molecular weight excluding hydrogens is 854 g/mol. The highest BCUT2D eigenvalue weighted by Gasteiger charge is 2.38. The van der Waals surface area contributed by atoms with Crippen LogP contribution in [0.2, 0.25) is 0 Å². The van der Waals surface area contributed by atoms with E-state index in [2.05, 4.69) is 0 Å². The average molecular weight is 897 g/mol. The Morgan fingerprint density at radius 2 is 0.873 bits per heavy atom. The van der Waals surface area contributed by atoms with Crippen molar-refractivity contribution in [2.45, 2.75) is 27.7 Å². The lowest BCUT2D eigenvalue weighted by Gasteiger charge is -2.25. The molecule has 63 heavy (non-hydrogen) atoms. The lowest BCUT2D eigenvalue weighted by molar-refractivity contribution is 0.0975. The Bertz CT molecular complexity index is 2550. The molecule has 0 heterocycles. The molecule has 0 amide bonds. The molecule has 0 bridgehead atoms. The molecule has 0 N–H and O–H groups in total. The number of allylic oxidation sites excluding steroid dienone is 1. The van der Waals surface area contributed by atoms with Gasteiger partial charge in [-0.25, -0.2) is 0 Å². The third kappa shape index (κ3) is 10.5. The van der Waals surface area contributed by atoms with Crippen LogP contribution in [-0.2, 0) is 9.26 Å². The molecule has 0 fully saturated rings. The number of carbonyl (C=O) groups is 5. The van der Waals surface area contributed by atoms with E-state index in [0.29, 0.717) is 23.0 Å². The van der Waals surface area contributed by atoms with Crippen molar-refractivity contribution < 1.29 is 70.1 Å². The topological polar surface area (TPSA) is 178 Å². The van der Waals surface area contributed by atoms with Crippen LogP contribution in [0.4, 0.5) is 0 Å². The Morgan fingerprint density at radius 3 is 1.25 bits per heavy atom. The molecule has 0 aliphatic heterocycles. The molecule has 0 saturated heterocycles. The van der Waals surface area contributed by atoms with Crippen molar-refractivity contribution in [3.63, 3.8) is 0 Å². The van der Waals surface area contributed by atoms with Crippen LogP contribution in [0, 0.1) is 0 Å². The summed E-state index contributed by atoms with van der Waals surface area (Å²) < 4.78 is 59.0. The number of Topliss-reactive ketones (excluding diaryl/α,β-unsaturated/α-hetero) is 3. The number of methoxy groups -OCH3 is 4. The van der Waals surface area contributed by atoms with Crippen molar-refractivity contribution in [3.05, 3.63) is 142 Å². The molecule has 5 aromatic rings. The fourth-order valence-electron chi connectivity index (χ4n) is 6.19. The lowest BCUT2D eigenvalue weighted by atomic mass is 9.83. The second-order valence-corrected chi connectivity index (χ2v) is 15.5. The Labute approximate surface area is 365 Å². The fourth-order valence-corrected chi connectivity index (χ4v) is 8.28. The van der Waals surface area contributed by atoms with Crippen molar-refractivity contribution in [1.29, 1.82) is 0 Å². The number of rotatable bonds is 20. The monoisotopic (exact) mass is 896 g/mol. The van der Waals surface area contributed by atoms with Crippen molar-refractivity contribution in [2.75, 3.05) is 35.0 Å². The minimum Gasteiger partial charge on any atom is -0.497 e. The van der Waals surface area contributed by atoms with Crippen LogP contribution in [0.1, 0.15) is 90.6 Å². The van der Waals surface area contributed by atoms with E-state index in [9.17, 15) is 24.0 Å². The zero-order chi connectivity index (χ0) is 45.4. The SMILES string of the molecule is COC/C=C(\C)OP(Oc1cc(OC)ccc1C(C)=O)Oc1cccc2c1C(=O)c1c(OP(Oc3cc(OC)ccc3C(C)=O)Oc3cc(OC)ccc3C(C)=O)cccc1C2=O. The molecule has 0 aromatic heterocycles. The standard InChI is InChI=1S/C46H42O15P2/c1-26(21-22-52-5)56-62(59-40-23-30(53-6)15-18-33(40)27(2)47)57-38-13-9-11-36-43(38)46(51)44-37(45(36)50)12-10-14-39(44)58-63(60-41-24-31(54-7)16-19-34(41)28(3)48)61-42-25-32(55-8)17-20-35(42)29(4)49/h9-21,23-25H,22H2,1-8H3/b26-21+. The predicted molar refractivity (Wildman–Crippen MR) is 232 cm³/mol. The van der Waals surface area contributed by atoms with E-state index in [1.807, 2.05) is 0 Å². The highest BCUT2D eigenvalue weighted by molar-refractivity contribution is 7.43. The average Bonchev–Trinajstić information content (AvgIpc) is 3.26. The van der Waals surface area contributed by atoms with E-state index >= 15 is 0 Å². The number of carbonyl (C=O) groups excluding carboxylic acids is 5. The number of hydrogen-bond donors (Lipinski definition) is 0. The summed E-state index contributed by atoms with van der Waals surface area (Å²) in [5.41, 5.74) is 0.255. The number of ether oxygens (including phenoxy) is 4. The highest BCUT2D eigenvalue weighted by atomic mass is 31.2. The van der Waals surface area contributed by atoms with Crippen molar-refractivity contribution >= 4 is 46.1 Å². The number of ketones is 5. The molecule has 0 saturated carbocycles. The lowest BCUT2D eigenvalue weighted by Crippen LogP contribution is -2.23. The van der Waals surface area contributed by atoms with Gasteiger partial charge in [-0.15, -0.1) is 0 Å². The zero-order valence-electron chi connectivity index (χ0n) is 35.5. The molecule has 1 unspecified atom stereocenters. The van der Waals surface area contributed by atoms with E-state index in [1.165, 1.54) is 116 Å². The number of hydrogen-bond acceptors (Lipinski definition) is 15. The summed E-state index contributed by atoms with van der Waals surface area (Å²) in [4.78, 5) is 67.4. The van der Waals surface area contributed by atoms with E-state index in [0.717, 1.165) is 0 Å². The van der Waals surface area contributed by atoms with Gasteiger partial charge in [-0.1, -0.05) is 24.3 Å². The zero-order valence-corrected chi connectivity index (χ0v) is 37.3. The molecule has 15 nitrogen and oxygen atoms in total. The van der Waals surface area contributed by atoms with E-state index in [4.69, 9.17) is 46.1 Å². The maximum absolute atomic E-state index is 14.9. The number of benzene rings is 5. The first kappa shape index (κ1) is 45.7. The van der Waals surface area contributed by atoms with Crippen LogP contribution < -0.4 is 36.8 Å². The first-order chi connectivity index (χ1) is 30.3. The summed E-state index contributed by atoms with van der Waals surface area (Å²) in [6.45, 7) is 5.91. The van der Waals surface area contributed by atoms with Crippen LogP contribution in [0.5, 0.6) is 46.0 Å². The summed E-state index contributed by atoms with van der Waals surface area (Å²) in [5, 5.41) is 0. The Hall–Kier alpha value is -6.79. The van der Waals surface area contributed by atoms with E-state index in [-0.39, 0.29) is 91.6 Å². The summed E-state index contributed by atoms with van der Waals surface area (Å²) >= 11 is 0. The van der Waals surface area contributed by atoms with Gasteiger partial charge in [0.1, 0.15) is 51.8 Å². The molecule has 1 atom stereocenters. The number of fused-ring (bicyclic) bond motifs is 2. The van der Waals surface area contributed by atoms with Crippen LogP contribution in [-0.4, -0.2) is 64.0 Å². The Kier molecular flexibility index (Phi) is 14.8.